The summed E-state index contributed by atoms with van der Waals surface area (Å²) in [5.74, 6) is -0.0639. The number of amides is 1. The fraction of sp³-hybridized carbons (Fsp3) is 0.533. The summed E-state index contributed by atoms with van der Waals surface area (Å²) in [4.78, 5) is 12.1. The lowest BCUT2D eigenvalue weighted by Gasteiger charge is -2.29. The molecule has 4 nitrogen and oxygen atoms in total. The second kappa shape index (κ2) is 6.97. The zero-order valence-corrected chi connectivity index (χ0v) is 13.7. The molecule has 1 atom stereocenters. The van der Waals surface area contributed by atoms with Crippen molar-refractivity contribution in [1.29, 1.82) is 0 Å². The fourth-order valence-electron chi connectivity index (χ4n) is 2.40. The third-order valence-corrected chi connectivity index (χ3v) is 4.21. The summed E-state index contributed by atoms with van der Waals surface area (Å²) in [6.07, 6.45) is 0. The molecule has 1 heterocycles. The molecular formula is C15H20Cl2N2O2. The monoisotopic (exact) mass is 330 g/mol. The Morgan fingerprint density at radius 3 is 2.67 bits per heavy atom. The Balaban J connectivity index is 2.02. The average Bonchev–Trinajstić information content (AvgIpc) is 2.45. The van der Waals surface area contributed by atoms with Crippen molar-refractivity contribution in [2.75, 3.05) is 26.3 Å². The maximum absolute atomic E-state index is 12.1. The summed E-state index contributed by atoms with van der Waals surface area (Å²) >= 11 is 12.5. The normalized spacial score (nSPS) is 19.3. The molecule has 1 aromatic rings. The Morgan fingerprint density at radius 1 is 1.43 bits per heavy atom. The zero-order valence-electron chi connectivity index (χ0n) is 12.2. The predicted molar refractivity (Wildman–Crippen MR) is 85.1 cm³/mol. The second-order valence-electron chi connectivity index (χ2n) is 5.78. The number of hydrogen-bond acceptors (Lipinski definition) is 3. The number of benzene rings is 1. The van der Waals surface area contributed by atoms with E-state index < -0.39 is 0 Å². The number of hydrogen-bond donors (Lipinski definition) is 2. The van der Waals surface area contributed by atoms with Gasteiger partial charge >= 0.3 is 0 Å². The quantitative estimate of drug-likeness (QED) is 0.891. The van der Waals surface area contributed by atoms with Gasteiger partial charge in [0.05, 0.1) is 13.2 Å². The molecule has 2 N–H and O–H groups in total. The minimum absolute atomic E-state index is 0.0639. The van der Waals surface area contributed by atoms with Gasteiger partial charge in [0.15, 0.2) is 0 Å². The van der Waals surface area contributed by atoms with Crippen molar-refractivity contribution in [2.24, 2.45) is 0 Å². The lowest BCUT2D eigenvalue weighted by Crippen LogP contribution is -2.52. The third kappa shape index (κ3) is 4.10. The van der Waals surface area contributed by atoms with E-state index in [9.17, 15) is 4.79 Å². The fourth-order valence-corrected chi connectivity index (χ4v) is 3.31. The van der Waals surface area contributed by atoms with Crippen LogP contribution < -0.4 is 10.6 Å². The van der Waals surface area contributed by atoms with E-state index in [0.717, 1.165) is 5.56 Å². The molecule has 0 saturated carbocycles. The van der Waals surface area contributed by atoms with Crippen molar-refractivity contribution in [3.63, 3.8) is 0 Å². The second-order valence-corrected chi connectivity index (χ2v) is 6.59. The first-order valence-electron chi connectivity index (χ1n) is 6.95. The van der Waals surface area contributed by atoms with Crippen LogP contribution in [0.3, 0.4) is 0 Å². The molecule has 0 aromatic heterocycles. The Bertz CT molecular complexity index is 494. The summed E-state index contributed by atoms with van der Waals surface area (Å²) in [7, 11) is 0. The number of rotatable bonds is 4. The molecule has 1 unspecified atom stereocenters. The van der Waals surface area contributed by atoms with Crippen LogP contribution in [0.4, 0.5) is 0 Å². The Hall–Kier alpha value is -0.810. The molecule has 1 aliphatic rings. The van der Waals surface area contributed by atoms with Crippen molar-refractivity contribution in [3.05, 3.63) is 33.8 Å². The molecule has 2 rings (SSSR count). The van der Waals surface area contributed by atoms with Crippen LogP contribution in [0.25, 0.3) is 0 Å². The summed E-state index contributed by atoms with van der Waals surface area (Å²) in [5, 5.41) is 7.30. The summed E-state index contributed by atoms with van der Waals surface area (Å²) in [5.41, 5.74) is 0.488. The Morgan fingerprint density at radius 2 is 2.10 bits per heavy atom. The average molecular weight is 331 g/mol. The number of carbonyl (C=O) groups is 1. The van der Waals surface area contributed by atoms with Crippen molar-refractivity contribution in [1.82, 2.24) is 10.6 Å². The molecule has 1 aromatic carbocycles. The van der Waals surface area contributed by atoms with Crippen molar-refractivity contribution in [2.45, 2.75) is 25.3 Å². The van der Waals surface area contributed by atoms with Crippen molar-refractivity contribution >= 4 is 29.1 Å². The van der Waals surface area contributed by atoms with Crippen LogP contribution in [0.5, 0.6) is 0 Å². The molecule has 21 heavy (non-hydrogen) atoms. The van der Waals surface area contributed by atoms with Gasteiger partial charge in [0.2, 0.25) is 5.91 Å². The molecule has 0 aliphatic carbocycles. The largest absolute Gasteiger partial charge is 0.378 e. The van der Waals surface area contributed by atoms with Gasteiger partial charge < -0.3 is 15.4 Å². The predicted octanol–water partition coefficient (Wildman–Crippen LogP) is 2.38. The Labute approximate surface area is 135 Å². The topological polar surface area (TPSA) is 50.4 Å². The highest BCUT2D eigenvalue weighted by molar-refractivity contribution is 6.36. The lowest BCUT2D eigenvalue weighted by atomic mass is 9.84. The summed E-state index contributed by atoms with van der Waals surface area (Å²) in [6, 6.07) is 5.13. The lowest BCUT2D eigenvalue weighted by molar-refractivity contribution is -0.126. The number of nitrogens with one attached hydrogen (secondary N) is 2. The smallest absolute Gasteiger partial charge is 0.239 e. The molecule has 0 radical (unpaired) electrons. The van der Waals surface area contributed by atoms with E-state index in [1.807, 2.05) is 32.0 Å². The van der Waals surface area contributed by atoms with Crippen LogP contribution >= 0.6 is 23.2 Å². The maximum atomic E-state index is 12.1. The highest BCUT2D eigenvalue weighted by Gasteiger charge is 2.28. The molecule has 1 aliphatic heterocycles. The molecular weight excluding hydrogens is 311 g/mol. The van der Waals surface area contributed by atoms with Crippen molar-refractivity contribution in [3.8, 4) is 0 Å². The van der Waals surface area contributed by atoms with Crippen LogP contribution in [0.2, 0.25) is 10.0 Å². The van der Waals surface area contributed by atoms with Gasteiger partial charge in [-0.3, -0.25) is 4.79 Å². The van der Waals surface area contributed by atoms with Crippen LogP contribution in [-0.2, 0) is 14.9 Å². The first-order valence-corrected chi connectivity index (χ1v) is 7.71. The standard InChI is InChI=1S/C15H20Cl2N2O2/c1-15(2,13-10(16)4-3-5-11(13)17)9-19-14(20)12-8-21-7-6-18-12/h3-5,12,18H,6-9H2,1-2H3,(H,19,20). The molecule has 0 spiro atoms. The molecule has 6 heteroatoms. The molecule has 116 valence electrons. The number of halogens is 2. The van der Waals surface area contributed by atoms with Crippen molar-refractivity contribution < 1.29 is 9.53 Å². The first kappa shape index (κ1) is 16.6. The molecule has 1 fully saturated rings. The van der Waals surface area contributed by atoms with Gasteiger partial charge in [-0.15, -0.1) is 0 Å². The van der Waals surface area contributed by atoms with Gasteiger partial charge in [0.1, 0.15) is 6.04 Å². The highest BCUT2D eigenvalue weighted by atomic mass is 35.5. The van der Waals surface area contributed by atoms with Crippen LogP contribution in [0.1, 0.15) is 19.4 Å². The van der Waals surface area contributed by atoms with E-state index in [1.54, 1.807) is 0 Å². The van der Waals surface area contributed by atoms with Gasteiger partial charge in [0.25, 0.3) is 0 Å². The zero-order chi connectivity index (χ0) is 15.5. The van der Waals surface area contributed by atoms with Gasteiger partial charge in [-0.1, -0.05) is 43.1 Å². The number of ether oxygens (including phenoxy) is 1. The highest BCUT2D eigenvalue weighted by Crippen LogP contribution is 2.35. The van der Waals surface area contributed by atoms with Gasteiger partial charge in [-0.2, -0.15) is 0 Å². The van der Waals surface area contributed by atoms with Gasteiger partial charge in [-0.25, -0.2) is 0 Å². The number of morpholine rings is 1. The van der Waals surface area contributed by atoms with Gasteiger partial charge in [-0.05, 0) is 17.7 Å². The van der Waals surface area contributed by atoms with E-state index in [0.29, 0.717) is 36.3 Å². The van der Waals surface area contributed by atoms with E-state index >= 15 is 0 Å². The molecule has 1 saturated heterocycles. The van der Waals surface area contributed by atoms with Gasteiger partial charge in [0, 0.05) is 28.5 Å². The maximum Gasteiger partial charge on any atom is 0.239 e. The molecule has 0 bridgehead atoms. The van der Waals surface area contributed by atoms with E-state index in [2.05, 4.69) is 10.6 Å². The summed E-state index contributed by atoms with van der Waals surface area (Å²) < 4.78 is 5.29. The van der Waals surface area contributed by atoms with E-state index in [1.165, 1.54) is 0 Å². The Kier molecular flexibility index (Phi) is 5.49. The van der Waals surface area contributed by atoms with Crippen LogP contribution in [0, 0.1) is 0 Å². The van der Waals surface area contributed by atoms with Crippen LogP contribution in [0.15, 0.2) is 18.2 Å². The SMILES string of the molecule is CC(C)(CNC(=O)C1COCCN1)c1c(Cl)cccc1Cl. The number of carbonyl (C=O) groups excluding carboxylic acids is 1. The third-order valence-electron chi connectivity index (χ3n) is 3.58. The minimum Gasteiger partial charge on any atom is -0.378 e. The minimum atomic E-state index is -0.361. The summed E-state index contributed by atoms with van der Waals surface area (Å²) in [6.45, 7) is 6.20. The van der Waals surface area contributed by atoms with E-state index in [-0.39, 0.29) is 17.4 Å². The first-order chi connectivity index (χ1) is 9.92. The van der Waals surface area contributed by atoms with Crippen LogP contribution in [-0.4, -0.2) is 38.3 Å². The van der Waals surface area contributed by atoms with E-state index in [4.69, 9.17) is 27.9 Å². The molecule has 1 amide bonds.